The molecule has 2 nitrogen and oxygen atoms in total. The third kappa shape index (κ3) is 0.419. The van der Waals surface area contributed by atoms with Crippen LogP contribution in [0.4, 0.5) is 0 Å². The molecular weight excluding hydrogens is 62.8 g/mol. The fourth-order valence-corrected chi connectivity index (χ4v) is 0.241. The van der Waals surface area contributed by atoms with Gasteiger partial charge in [0.05, 0.1) is 0 Å². The van der Waals surface area contributed by atoms with Gasteiger partial charge in [-0.25, -0.2) is 0 Å². The Balaban J connectivity index is 2.32. The first-order valence-electron chi connectivity index (χ1n) is 1.49. The smallest absolute Gasteiger partial charge is 0.263 e. The molecule has 0 saturated carbocycles. The lowest BCUT2D eigenvalue weighted by molar-refractivity contribution is 0.876. The Morgan fingerprint density at radius 1 is 1.60 bits per heavy atom. The summed E-state index contributed by atoms with van der Waals surface area (Å²) in [7, 11) is 1.82. The van der Waals surface area contributed by atoms with Crippen molar-refractivity contribution in [2.45, 2.75) is 0 Å². The van der Waals surface area contributed by atoms with E-state index in [2.05, 4.69) is 10.8 Å². The van der Waals surface area contributed by atoms with E-state index in [9.17, 15) is 0 Å². The molecule has 1 aliphatic rings. The molecule has 1 heterocycles. The first-order chi connectivity index (χ1) is 2.50. The maximum atomic E-state index is 2.74. The van der Waals surface area contributed by atoms with Gasteiger partial charge in [-0.2, -0.15) is 0 Å². The highest BCUT2D eigenvalue weighted by molar-refractivity contribution is 6.39. The quantitative estimate of drug-likeness (QED) is 0.362. The first-order valence-corrected chi connectivity index (χ1v) is 1.49. The van der Waals surface area contributed by atoms with Crippen molar-refractivity contribution in [1.82, 2.24) is 10.8 Å². The van der Waals surface area contributed by atoms with Gasteiger partial charge in [0.15, 0.2) is 0 Å². The van der Waals surface area contributed by atoms with Crippen LogP contribution in [0.3, 0.4) is 0 Å². The van der Waals surface area contributed by atoms with E-state index in [0.29, 0.717) is 0 Å². The topological polar surface area (TPSA) is 24.1 Å². The van der Waals surface area contributed by atoms with Crippen molar-refractivity contribution >= 4 is 7.41 Å². The molecular formula is C2H4BN2. The Morgan fingerprint density at radius 2 is 2.60 bits per heavy atom. The molecule has 0 unspecified atom stereocenters. The van der Waals surface area contributed by atoms with Gasteiger partial charge in [0.1, 0.15) is 0 Å². The van der Waals surface area contributed by atoms with E-state index in [-0.39, 0.29) is 0 Å². The fourth-order valence-electron chi connectivity index (χ4n) is 0.241. The SMILES string of the molecule is [B]1C=CNN1. The summed E-state index contributed by atoms with van der Waals surface area (Å²) >= 11 is 0. The molecule has 0 aromatic rings. The molecule has 3 heteroatoms. The Hall–Kier alpha value is -0.435. The number of rotatable bonds is 0. The van der Waals surface area contributed by atoms with Crippen LogP contribution in [0.2, 0.25) is 0 Å². The van der Waals surface area contributed by atoms with Crippen molar-refractivity contribution in [1.29, 1.82) is 0 Å². The highest BCUT2D eigenvalue weighted by Gasteiger charge is 1.83. The molecule has 1 radical (unpaired) electrons. The molecule has 0 fully saturated rings. The van der Waals surface area contributed by atoms with Gasteiger partial charge >= 0.3 is 0 Å². The van der Waals surface area contributed by atoms with Gasteiger partial charge in [0.2, 0.25) is 0 Å². The minimum atomic E-state index is 1.82. The van der Waals surface area contributed by atoms with Gasteiger partial charge in [-0.1, -0.05) is 5.98 Å². The van der Waals surface area contributed by atoms with Crippen LogP contribution in [0.1, 0.15) is 0 Å². The van der Waals surface area contributed by atoms with E-state index in [1.807, 2.05) is 19.6 Å². The summed E-state index contributed by atoms with van der Waals surface area (Å²) in [4.78, 5) is 0. The second-order valence-electron chi connectivity index (χ2n) is 0.814. The van der Waals surface area contributed by atoms with Crippen LogP contribution in [0.5, 0.6) is 0 Å². The predicted molar refractivity (Wildman–Crippen MR) is 21.2 cm³/mol. The summed E-state index contributed by atoms with van der Waals surface area (Å²) in [6, 6.07) is 0. The molecule has 0 spiro atoms. The molecule has 1 aliphatic heterocycles. The highest BCUT2D eigenvalue weighted by Crippen LogP contribution is 1.63. The second-order valence-corrected chi connectivity index (χ2v) is 0.814. The van der Waals surface area contributed by atoms with Crippen LogP contribution >= 0.6 is 0 Å². The van der Waals surface area contributed by atoms with Gasteiger partial charge in [-0.05, 0) is 6.20 Å². The average molecular weight is 66.9 g/mol. The Morgan fingerprint density at radius 3 is 2.80 bits per heavy atom. The minimum Gasteiger partial charge on any atom is -0.341 e. The molecule has 0 aromatic carbocycles. The molecule has 2 N–H and O–H groups in total. The predicted octanol–water partition coefficient (Wildman–Crippen LogP) is -0.815. The van der Waals surface area contributed by atoms with Crippen LogP contribution in [-0.2, 0) is 0 Å². The lowest BCUT2D eigenvalue weighted by Crippen LogP contribution is -2.22. The summed E-state index contributed by atoms with van der Waals surface area (Å²) in [6.07, 6.45) is 1.82. The van der Waals surface area contributed by atoms with Gasteiger partial charge < -0.3 is 5.43 Å². The van der Waals surface area contributed by atoms with Crippen LogP contribution in [0.25, 0.3) is 0 Å². The second kappa shape index (κ2) is 1.13. The monoisotopic (exact) mass is 67.0 g/mol. The van der Waals surface area contributed by atoms with Crippen LogP contribution in [-0.4, -0.2) is 7.41 Å². The van der Waals surface area contributed by atoms with E-state index < -0.39 is 0 Å². The summed E-state index contributed by atoms with van der Waals surface area (Å²) in [5.41, 5.74) is 2.74. The number of nitrogens with one attached hydrogen (secondary N) is 2. The molecule has 0 bridgehead atoms. The lowest BCUT2D eigenvalue weighted by Gasteiger charge is -1.83. The summed E-state index contributed by atoms with van der Waals surface area (Å²) < 4.78 is 0. The molecule has 25 valence electrons. The number of hydrogen-bond donors (Lipinski definition) is 2. The third-order valence-electron chi connectivity index (χ3n) is 0.442. The van der Waals surface area contributed by atoms with E-state index >= 15 is 0 Å². The summed E-state index contributed by atoms with van der Waals surface area (Å²) in [6.45, 7) is 0. The van der Waals surface area contributed by atoms with Gasteiger partial charge in [-0.15, -0.1) is 0 Å². The van der Waals surface area contributed by atoms with Crippen molar-refractivity contribution in [3.8, 4) is 0 Å². The van der Waals surface area contributed by atoms with Crippen molar-refractivity contribution in [3.63, 3.8) is 0 Å². The normalized spacial score (nSPS) is 17.6. The maximum Gasteiger partial charge on any atom is 0.263 e. The van der Waals surface area contributed by atoms with Crippen molar-refractivity contribution in [3.05, 3.63) is 12.2 Å². The zero-order valence-electron chi connectivity index (χ0n) is 2.73. The van der Waals surface area contributed by atoms with Gasteiger partial charge in [-0.3, -0.25) is 5.34 Å². The van der Waals surface area contributed by atoms with E-state index in [4.69, 9.17) is 0 Å². The van der Waals surface area contributed by atoms with Crippen molar-refractivity contribution in [2.24, 2.45) is 0 Å². The van der Waals surface area contributed by atoms with E-state index in [0.717, 1.165) is 0 Å². The molecule has 5 heavy (non-hydrogen) atoms. The largest absolute Gasteiger partial charge is 0.341 e. The summed E-state index contributed by atoms with van der Waals surface area (Å²) in [5.74, 6) is 1.89. The van der Waals surface area contributed by atoms with Gasteiger partial charge in [0, 0.05) is 0 Å². The number of hydrogen-bond acceptors (Lipinski definition) is 2. The maximum absolute atomic E-state index is 2.74. The molecule has 0 saturated heterocycles. The minimum absolute atomic E-state index is 1.82. The van der Waals surface area contributed by atoms with E-state index in [1.165, 1.54) is 0 Å². The Labute approximate surface area is 31.5 Å². The van der Waals surface area contributed by atoms with Crippen LogP contribution in [0, 0.1) is 0 Å². The third-order valence-corrected chi connectivity index (χ3v) is 0.442. The fraction of sp³-hybridized carbons (Fsp3) is 0. The van der Waals surface area contributed by atoms with Crippen LogP contribution < -0.4 is 10.8 Å². The lowest BCUT2D eigenvalue weighted by atomic mass is 10.00. The Bertz CT molecular complexity index is 45.6. The first kappa shape index (κ1) is 2.78. The average Bonchev–Trinajstić information content (AvgIpc) is 1.76. The molecule has 1 rings (SSSR count). The zero-order chi connectivity index (χ0) is 3.54. The van der Waals surface area contributed by atoms with Crippen molar-refractivity contribution in [2.75, 3.05) is 0 Å². The zero-order valence-corrected chi connectivity index (χ0v) is 2.73. The Kier molecular flexibility index (Phi) is 0.627. The molecule has 0 aromatic heterocycles. The molecule has 0 atom stereocenters. The molecule has 0 amide bonds. The van der Waals surface area contributed by atoms with Crippen LogP contribution in [0.15, 0.2) is 12.2 Å². The van der Waals surface area contributed by atoms with E-state index in [1.54, 1.807) is 0 Å². The highest BCUT2D eigenvalue weighted by atomic mass is 15.3. The van der Waals surface area contributed by atoms with Crippen molar-refractivity contribution < 1.29 is 0 Å². The standard InChI is InChI=1S/C2H4BN2/c1-2-4-5-3-1/h1-2,4-5H. The number of hydrazine groups is 1. The summed E-state index contributed by atoms with van der Waals surface area (Å²) in [5, 5.41) is 2.74. The van der Waals surface area contributed by atoms with Gasteiger partial charge in [0.25, 0.3) is 7.41 Å². The molecule has 0 aliphatic carbocycles.